The van der Waals surface area contributed by atoms with Gasteiger partial charge in [0.15, 0.2) is 0 Å². The molecule has 3 aromatic carbocycles. The van der Waals surface area contributed by atoms with Gasteiger partial charge in [0, 0.05) is 23.0 Å². The van der Waals surface area contributed by atoms with E-state index in [1.807, 2.05) is 55.5 Å². The zero-order chi connectivity index (χ0) is 24.3. The molecule has 1 saturated heterocycles. The molecule has 0 spiro atoms. The van der Waals surface area contributed by atoms with Crippen LogP contribution in [-0.4, -0.2) is 40.9 Å². The van der Waals surface area contributed by atoms with Crippen molar-refractivity contribution in [2.24, 2.45) is 0 Å². The molecule has 1 unspecified atom stereocenters. The van der Waals surface area contributed by atoms with Crippen molar-refractivity contribution in [2.45, 2.75) is 25.4 Å². The first-order valence-corrected chi connectivity index (χ1v) is 11.5. The van der Waals surface area contributed by atoms with Crippen molar-refractivity contribution in [2.75, 3.05) is 12.0 Å². The third kappa shape index (κ3) is 3.08. The summed E-state index contributed by atoms with van der Waals surface area (Å²) in [5, 5.41) is 1.05. The molecule has 174 valence electrons. The van der Waals surface area contributed by atoms with Gasteiger partial charge in [-0.25, -0.2) is 14.5 Å². The second kappa shape index (κ2) is 7.84. The molecule has 2 atom stereocenters. The largest absolute Gasteiger partial charge is 0.465 e. The number of urea groups is 1. The number of carbonyl (C=O) groups excluding carboxylic acids is 3. The van der Waals surface area contributed by atoms with E-state index in [0.717, 1.165) is 38.2 Å². The van der Waals surface area contributed by atoms with Gasteiger partial charge >= 0.3 is 12.0 Å². The molecule has 0 aliphatic carbocycles. The number of nitrogens with zero attached hydrogens (tertiary/aromatic N) is 2. The molecule has 3 heterocycles. The number of aryl methyl sites for hydroxylation is 1. The topological polar surface area (TPSA) is 82.7 Å². The van der Waals surface area contributed by atoms with E-state index in [0.29, 0.717) is 6.42 Å². The molecule has 1 aromatic heterocycles. The molecule has 1 N–H and O–H groups in total. The van der Waals surface area contributed by atoms with Crippen molar-refractivity contribution >= 4 is 34.5 Å². The summed E-state index contributed by atoms with van der Waals surface area (Å²) in [6.07, 6.45) is 0.392. The Hall–Kier alpha value is -4.39. The van der Waals surface area contributed by atoms with E-state index in [4.69, 9.17) is 4.74 Å². The molecule has 1 fully saturated rings. The number of para-hydroxylation sites is 2. The maximum atomic E-state index is 14.0. The molecule has 2 aliphatic rings. The zero-order valence-corrected chi connectivity index (χ0v) is 19.3. The fraction of sp³-hybridized carbons (Fsp3) is 0.179. The summed E-state index contributed by atoms with van der Waals surface area (Å²) in [5.41, 5.74) is 5.36. The zero-order valence-electron chi connectivity index (χ0n) is 19.3. The van der Waals surface area contributed by atoms with E-state index >= 15 is 0 Å². The summed E-state index contributed by atoms with van der Waals surface area (Å²) in [6, 6.07) is 20.9. The number of amides is 3. The number of H-pyrrole nitrogens is 1. The number of aromatic nitrogens is 1. The molecule has 0 radical (unpaired) electrons. The van der Waals surface area contributed by atoms with Crippen molar-refractivity contribution in [3.8, 4) is 0 Å². The number of anilines is 1. The summed E-state index contributed by atoms with van der Waals surface area (Å²) in [7, 11) is 1.28. The van der Waals surface area contributed by atoms with Gasteiger partial charge in [0.25, 0.3) is 5.91 Å². The van der Waals surface area contributed by atoms with Gasteiger partial charge in [0.05, 0.1) is 18.4 Å². The minimum Gasteiger partial charge on any atom is -0.465 e. The number of nitrogens with one attached hydrogen (secondary N) is 1. The molecule has 7 nitrogen and oxygen atoms in total. The minimum atomic E-state index is -0.689. The van der Waals surface area contributed by atoms with Gasteiger partial charge in [-0.15, -0.1) is 0 Å². The van der Waals surface area contributed by atoms with E-state index in [1.165, 1.54) is 7.11 Å². The van der Waals surface area contributed by atoms with Gasteiger partial charge in [-0.05, 0) is 36.2 Å². The van der Waals surface area contributed by atoms with Gasteiger partial charge in [-0.1, -0.05) is 60.2 Å². The summed E-state index contributed by atoms with van der Waals surface area (Å²) in [5.74, 6) is -0.947. The lowest BCUT2D eigenvalue weighted by Gasteiger charge is -2.36. The lowest BCUT2D eigenvalue weighted by Crippen LogP contribution is -2.44. The number of ether oxygens (including phenoxy) is 1. The molecular formula is C28H23N3O4. The Kier molecular flexibility index (Phi) is 4.74. The van der Waals surface area contributed by atoms with E-state index in [-0.39, 0.29) is 17.2 Å². The monoisotopic (exact) mass is 465 g/mol. The SMILES string of the molecule is COC(=O)c1ccccc1N1C(=O)[C@@H]2Cc3c([nH]c4ccccc34)C(c3ccc(C)cc3)N2C1=O. The van der Waals surface area contributed by atoms with Crippen molar-refractivity contribution in [3.05, 3.63) is 101 Å². The van der Waals surface area contributed by atoms with Crippen LogP contribution in [0.15, 0.2) is 72.8 Å². The fourth-order valence-electron chi connectivity index (χ4n) is 5.34. The molecule has 3 amide bonds. The van der Waals surface area contributed by atoms with Crippen LogP contribution in [0.25, 0.3) is 10.9 Å². The highest BCUT2D eigenvalue weighted by Crippen LogP contribution is 2.45. The summed E-state index contributed by atoms with van der Waals surface area (Å²) < 4.78 is 4.91. The third-order valence-electron chi connectivity index (χ3n) is 6.99. The molecule has 7 heteroatoms. The lowest BCUT2D eigenvalue weighted by molar-refractivity contribution is -0.120. The molecule has 2 aliphatic heterocycles. The number of hydrogen-bond donors (Lipinski definition) is 1. The van der Waals surface area contributed by atoms with Gasteiger partial charge in [-0.2, -0.15) is 0 Å². The summed E-state index contributed by atoms with van der Waals surface area (Å²) in [6.45, 7) is 2.01. The Morgan fingerprint density at radius 3 is 2.46 bits per heavy atom. The summed E-state index contributed by atoms with van der Waals surface area (Å²) in [4.78, 5) is 46.5. The summed E-state index contributed by atoms with van der Waals surface area (Å²) >= 11 is 0. The normalized spacial score (nSPS) is 19.1. The number of hydrogen-bond acceptors (Lipinski definition) is 4. The Bertz CT molecular complexity index is 1500. The highest BCUT2D eigenvalue weighted by atomic mass is 16.5. The van der Waals surface area contributed by atoms with E-state index < -0.39 is 24.1 Å². The van der Waals surface area contributed by atoms with E-state index in [1.54, 1.807) is 29.2 Å². The minimum absolute atomic E-state index is 0.174. The van der Waals surface area contributed by atoms with E-state index in [9.17, 15) is 14.4 Å². The maximum absolute atomic E-state index is 14.0. The Morgan fingerprint density at radius 1 is 0.971 bits per heavy atom. The first kappa shape index (κ1) is 21.2. The quantitative estimate of drug-likeness (QED) is 0.350. The van der Waals surface area contributed by atoms with Crippen LogP contribution in [0.3, 0.4) is 0 Å². The van der Waals surface area contributed by atoms with Gasteiger partial charge < -0.3 is 9.72 Å². The number of benzene rings is 3. The smallest absolute Gasteiger partial charge is 0.339 e. The Balaban J connectivity index is 1.54. The van der Waals surface area contributed by atoms with Crippen LogP contribution >= 0.6 is 0 Å². The molecule has 35 heavy (non-hydrogen) atoms. The van der Waals surface area contributed by atoms with Crippen LogP contribution in [0.4, 0.5) is 10.5 Å². The fourth-order valence-corrected chi connectivity index (χ4v) is 5.34. The Morgan fingerprint density at radius 2 is 1.69 bits per heavy atom. The molecule has 0 saturated carbocycles. The number of carbonyl (C=O) groups is 3. The van der Waals surface area contributed by atoms with Crippen LogP contribution in [0.2, 0.25) is 0 Å². The first-order chi connectivity index (χ1) is 17.0. The maximum Gasteiger partial charge on any atom is 0.339 e. The highest BCUT2D eigenvalue weighted by molar-refractivity contribution is 6.23. The number of rotatable bonds is 3. The van der Waals surface area contributed by atoms with Crippen LogP contribution in [0.1, 0.15) is 38.8 Å². The second-order valence-electron chi connectivity index (χ2n) is 8.97. The third-order valence-corrected chi connectivity index (χ3v) is 6.99. The number of methoxy groups -OCH3 is 1. The van der Waals surface area contributed by atoms with Crippen molar-refractivity contribution in [1.82, 2.24) is 9.88 Å². The standard InChI is InChI=1S/C28H23N3O4/c1-16-11-13-17(14-12-16)25-24-20(18-7-3-5-9-21(18)29-24)15-23-26(32)31(28(34)30(23)25)22-10-6-4-8-19(22)27(33)35-2/h3-14,23,25,29H,15H2,1-2H3/t23-,25?/m0/s1. The molecular weight excluding hydrogens is 442 g/mol. The van der Waals surface area contributed by atoms with E-state index in [2.05, 4.69) is 4.98 Å². The number of aromatic amines is 1. The predicted octanol–water partition coefficient (Wildman–Crippen LogP) is 4.75. The molecule has 6 rings (SSSR count). The predicted molar refractivity (Wildman–Crippen MR) is 131 cm³/mol. The molecule has 0 bridgehead atoms. The average Bonchev–Trinajstić information content (AvgIpc) is 3.37. The number of imide groups is 1. The van der Waals surface area contributed by atoms with Crippen LogP contribution in [0.5, 0.6) is 0 Å². The first-order valence-electron chi connectivity index (χ1n) is 11.5. The Labute approximate surface area is 201 Å². The number of fused-ring (bicyclic) bond motifs is 4. The van der Waals surface area contributed by atoms with Gasteiger partial charge in [0.1, 0.15) is 12.1 Å². The van der Waals surface area contributed by atoms with Crippen LogP contribution in [0, 0.1) is 6.92 Å². The number of esters is 1. The highest BCUT2D eigenvalue weighted by Gasteiger charge is 2.53. The lowest BCUT2D eigenvalue weighted by atomic mass is 9.88. The second-order valence-corrected chi connectivity index (χ2v) is 8.97. The molecule has 4 aromatic rings. The van der Waals surface area contributed by atoms with Crippen molar-refractivity contribution in [3.63, 3.8) is 0 Å². The van der Waals surface area contributed by atoms with Crippen molar-refractivity contribution in [1.29, 1.82) is 0 Å². The average molecular weight is 466 g/mol. The van der Waals surface area contributed by atoms with Crippen molar-refractivity contribution < 1.29 is 19.1 Å². The van der Waals surface area contributed by atoms with Gasteiger partial charge in [0.2, 0.25) is 0 Å². The van der Waals surface area contributed by atoms with Crippen LogP contribution in [-0.2, 0) is 16.0 Å². The van der Waals surface area contributed by atoms with Crippen LogP contribution < -0.4 is 4.90 Å². The van der Waals surface area contributed by atoms with Gasteiger partial charge in [-0.3, -0.25) is 9.69 Å².